The zero-order valence-corrected chi connectivity index (χ0v) is 13.1. The molecule has 112 valence electrons. The molecule has 2 N–H and O–H groups in total. The third-order valence-corrected chi connectivity index (χ3v) is 5.26. The molecule has 2 aromatic rings. The second-order valence-corrected chi connectivity index (χ2v) is 6.50. The SMILES string of the molecule is Cl.NC1CCC2CN(Cc3cccc4ccccc34)CC12. The highest BCUT2D eigenvalue weighted by Gasteiger charge is 2.40. The second kappa shape index (κ2) is 5.96. The van der Waals surface area contributed by atoms with Crippen molar-refractivity contribution in [1.29, 1.82) is 0 Å². The summed E-state index contributed by atoms with van der Waals surface area (Å²) >= 11 is 0. The largest absolute Gasteiger partial charge is 0.327 e. The van der Waals surface area contributed by atoms with Crippen molar-refractivity contribution in [3.8, 4) is 0 Å². The highest BCUT2D eigenvalue weighted by atomic mass is 35.5. The van der Waals surface area contributed by atoms with Crippen LogP contribution in [0.5, 0.6) is 0 Å². The topological polar surface area (TPSA) is 29.3 Å². The van der Waals surface area contributed by atoms with Gasteiger partial charge in [-0.25, -0.2) is 0 Å². The molecule has 4 rings (SSSR count). The van der Waals surface area contributed by atoms with Crippen LogP contribution in [0.3, 0.4) is 0 Å². The molecule has 21 heavy (non-hydrogen) atoms. The number of nitrogens with zero attached hydrogens (tertiary/aromatic N) is 1. The van der Waals surface area contributed by atoms with Crippen LogP contribution in [0.4, 0.5) is 0 Å². The van der Waals surface area contributed by atoms with Gasteiger partial charge in [-0.1, -0.05) is 42.5 Å². The molecule has 2 aliphatic rings. The van der Waals surface area contributed by atoms with Gasteiger partial charge in [0.15, 0.2) is 0 Å². The molecule has 0 spiro atoms. The van der Waals surface area contributed by atoms with Crippen LogP contribution >= 0.6 is 12.4 Å². The first-order valence-corrected chi connectivity index (χ1v) is 7.76. The van der Waals surface area contributed by atoms with Gasteiger partial charge in [-0.15, -0.1) is 12.4 Å². The Morgan fingerprint density at radius 2 is 1.81 bits per heavy atom. The lowest BCUT2D eigenvalue weighted by molar-refractivity contribution is 0.299. The predicted octanol–water partition coefficient (Wildman–Crippen LogP) is 3.43. The lowest BCUT2D eigenvalue weighted by Gasteiger charge is -2.19. The maximum absolute atomic E-state index is 6.24. The lowest BCUT2D eigenvalue weighted by atomic mass is 9.98. The summed E-state index contributed by atoms with van der Waals surface area (Å²) in [6.07, 6.45) is 2.56. The number of nitrogens with two attached hydrogens (primary N) is 1. The van der Waals surface area contributed by atoms with Gasteiger partial charge in [-0.05, 0) is 41.0 Å². The highest BCUT2D eigenvalue weighted by molar-refractivity contribution is 5.85. The molecule has 2 nitrogen and oxygen atoms in total. The van der Waals surface area contributed by atoms with Crippen molar-refractivity contribution in [2.75, 3.05) is 13.1 Å². The van der Waals surface area contributed by atoms with Gasteiger partial charge in [0.05, 0.1) is 0 Å². The minimum absolute atomic E-state index is 0. The minimum atomic E-state index is 0. The van der Waals surface area contributed by atoms with Gasteiger partial charge in [0.1, 0.15) is 0 Å². The van der Waals surface area contributed by atoms with Crippen molar-refractivity contribution < 1.29 is 0 Å². The van der Waals surface area contributed by atoms with E-state index < -0.39 is 0 Å². The Morgan fingerprint density at radius 3 is 2.67 bits per heavy atom. The molecule has 1 aliphatic carbocycles. The molecule has 0 bridgehead atoms. The Morgan fingerprint density at radius 1 is 1.00 bits per heavy atom. The monoisotopic (exact) mass is 302 g/mol. The fourth-order valence-electron chi connectivity index (χ4n) is 4.20. The summed E-state index contributed by atoms with van der Waals surface area (Å²) in [5.74, 6) is 1.59. The fraction of sp³-hybridized carbons (Fsp3) is 0.444. The van der Waals surface area contributed by atoms with Gasteiger partial charge >= 0.3 is 0 Å². The quantitative estimate of drug-likeness (QED) is 0.921. The smallest absolute Gasteiger partial charge is 0.0240 e. The normalized spacial score (nSPS) is 28.5. The summed E-state index contributed by atoms with van der Waals surface area (Å²) in [5, 5.41) is 2.75. The molecule has 2 aromatic carbocycles. The second-order valence-electron chi connectivity index (χ2n) is 6.50. The average molecular weight is 303 g/mol. The number of rotatable bonds is 2. The van der Waals surface area contributed by atoms with Crippen LogP contribution in [0.2, 0.25) is 0 Å². The number of halogens is 1. The van der Waals surface area contributed by atoms with Crippen LogP contribution in [0, 0.1) is 11.8 Å². The number of benzene rings is 2. The Bertz CT molecular complexity index is 622. The fourth-order valence-corrected chi connectivity index (χ4v) is 4.20. The minimum Gasteiger partial charge on any atom is -0.327 e. The van der Waals surface area contributed by atoms with Gasteiger partial charge in [-0.2, -0.15) is 0 Å². The maximum atomic E-state index is 6.24. The first-order chi connectivity index (χ1) is 9.81. The highest BCUT2D eigenvalue weighted by Crippen LogP contribution is 2.37. The van der Waals surface area contributed by atoms with Crippen LogP contribution in [0.15, 0.2) is 42.5 Å². The predicted molar refractivity (Wildman–Crippen MR) is 90.7 cm³/mol. The van der Waals surface area contributed by atoms with E-state index in [1.54, 1.807) is 0 Å². The lowest BCUT2D eigenvalue weighted by Crippen LogP contribution is -2.30. The van der Waals surface area contributed by atoms with E-state index >= 15 is 0 Å². The van der Waals surface area contributed by atoms with Crippen LogP contribution in [0.25, 0.3) is 10.8 Å². The van der Waals surface area contributed by atoms with Crippen LogP contribution in [-0.4, -0.2) is 24.0 Å². The third kappa shape index (κ3) is 2.68. The number of hydrogen-bond acceptors (Lipinski definition) is 2. The molecule has 1 saturated carbocycles. The first kappa shape index (κ1) is 14.8. The van der Waals surface area contributed by atoms with Gasteiger partial charge in [0.25, 0.3) is 0 Å². The van der Waals surface area contributed by atoms with E-state index in [2.05, 4.69) is 47.4 Å². The summed E-state index contributed by atoms with van der Waals surface area (Å²) in [6.45, 7) is 3.50. The molecule has 0 amide bonds. The molecular formula is C18H23ClN2. The third-order valence-electron chi connectivity index (χ3n) is 5.26. The molecule has 2 fully saturated rings. The molecule has 0 radical (unpaired) electrons. The molecule has 1 heterocycles. The Hall–Kier alpha value is -1.09. The molecular weight excluding hydrogens is 280 g/mol. The Labute approximate surface area is 132 Å². The van der Waals surface area contributed by atoms with Crippen molar-refractivity contribution in [3.63, 3.8) is 0 Å². The average Bonchev–Trinajstić information content (AvgIpc) is 3.02. The summed E-state index contributed by atoms with van der Waals surface area (Å²) in [7, 11) is 0. The van der Waals surface area contributed by atoms with Gasteiger partial charge in [0.2, 0.25) is 0 Å². The number of fused-ring (bicyclic) bond motifs is 2. The van der Waals surface area contributed by atoms with Crippen LogP contribution in [0.1, 0.15) is 18.4 Å². The Balaban J connectivity index is 0.00000132. The number of likely N-dealkylation sites (tertiary alicyclic amines) is 1. The molecule has 3 unspecified atom stereocenters. The molecule has 3 atom stereocenters. The Kier molecular flexibility index (Phi) is 4.21. The van der Waals surface area contributed by atoms with E-state index in [9.17, 15) is 0 Å². The van der Waals surface area contributed by atoms with Crippen LogP contribution < -0.4 is 5.73 Å². The van der Waals surface area contributed by atoms with Crippen molar-refractivity contribution in [3.05, 3.63) is 48.0 Å². The van der Waals surface area contributed by atoms with Crippen molar-refractivity contribution in [2.45, 2.75) is 25.4 Å². The van der Waals surface area contributed by atoms with Crippen LogP contribution in [-0.2, 0) is 6.54 Å². The summed E-state index contributed by atoms with van der Waals surface area (Å²) < 4.78 is 0. The molecule has 1 saturated heterocycles. The van der Waals surface area contributed by atoms with E-state index in [-0.39, 0.29) is 12.4 Å². The molecule has 0 aromatic heterocycles. The van der Waals surface area contributed by atoms with E-state index in [0.29, 0.717) is 6.04 Å². The summed E-state index contributed by atoms with van der Waals surface area (Å²) in [5.41, 5.74) is 7.69. The zero-order valence-electron chi connectivity index (χ0n) is 12.2. The van der Waals surface area contributed by atoms with Crippen molar-refractivity contribution in [2.24, 2.45) is 17.6 Å². The number of hydrogen-bond donors (Lipinski definition) is 1. The molecule has 3 heteroatoms. The van der Waals surface area contributed by atoms with E-state index in [0.717, 1.165) is 18.4 Å². The zero-order chi connectivity index (χ0) is 13.5. The van der Waals surface area contributed by atoms with E-state index in [1.165, 1.54) is 42.3 Å². The van der Waals surface area contributed by atoms with E-state index in [1.807, 2.05) is 0 Å². The summed E-state index contributed by atoms with van der Waals surface area (Å²) in [4.78, 5) is 2.61. The standard InChI is InChI=1S/C18H22N2.ClH/c19-18-9-8-15-11-20(12-17(15)18)10-14-6-3-5-13-4-1-2-7-16(13)14;/h1-7,15,17-18H,8-12,19H2;1H. The molecule has 1 aliphatic heterocycles. The summed E-state index contributed by atoms with van der Waals surface area (Å²) in [6, 6.07) is 15.8. The van der Waals surface area contributed by atoms with Gasteiger partial charge < -0.3 is 5.73 Å². The van der Waals surface area contributed by atoms with Gasteiger partial charge in [-0.3, -0.25) is 4.90 Å². The van der Waals surface area contributed by atoms with Crippen molar-refractivity contribution in [1.82, 2.24) is 4.90 Å². The van der Waals surface area contributed by atoms with Crippen molar-refractivity contribution >= 4 is 23.2 Å². The maximum Gasteiger partial charge on any atom is 0.0240 e. The first-order valence-electron chi connectivity index (χ1n) is 7.76. The van der Waals surface area contributed by atoms with E-state index in [4.69, 9.17) is 5.73 Å². The van der Waals surface area contributed by atoms with Gasteiger partial charge in [0, 0.05) is 25.7 Å².